The summed E-state index contributed by atoms with van der Waals surface area (Å²) in [6.07, 6.45) is 6.46. The van der Waals surface area contributed by atoms with Gasteiger partial charge in [-0.25, -0.2) is 0 Å². The molecular formula is C14H31N3O. The summed E-state index contributed by atoms with van der Waals surface area (Å²) < 4.78 is 5.00. The van der Waals surface area contributed by atoms with Gasteiger partial charge in [0.05, 0.1) is 13.2 Å². The molecule has 0 fully saturated rings. The number of nitrogens with one attached hydrogen (secondary N) is 2. The quantitative estimate of drug-likeness (QED) is 0.359. The molecule has 0 radical (unpaired) electrons. The Balaban J connectivity index is 3.87. The molecule has 0 aliphatic heterocycles. The summed E-state index contributed by atoms with van der Waals surface area (Å²) in [4.78, 5) is 4.46. The largest absolute Gasteiger partial charge is 0.383 e. The molecule has 4 nitrogen and oxygen atoms in total. The number of guanidine groups is 1. The van der Waals surface area contributed by atoms with E-state index in [4.69, 9.17) is 4.74 Å². The van der Waals surface area contributed by atoms with E-state index in [1.165, 1.54) is 32.1 Å². The van der Waals surface area contributed by atoms with Crippen LogP contribution in [0, 0.1) is 0 Å². The molecule has 0 bridgehead atoms. The Bertz CT molecular complexity index is 207. The van der Waals surface area contributed by atoms with E-state index in [0.717, 1.165) is 12.5 Å². The highest BCUT2D eigenvalue weighted by Gasteiger charge is 2.04. The average Bonchev–Trinajstić information content (AvgIpc) is 2.35. The van der Waals surface area contributed by atoms with E-state index in [-0.39, 0.29) is 0 Å². The van der Waals surface area contributed by atoms with Gasteiger partial charge >= 0.3 is 0 Å². The number of ether oxygens (including phenoxy) is 1. The van der Waals surface area contributed by atoms with Crippen molar-refractivity contribution >= 4 is 5.96 Å². The minimum absolute atomic E-state index is 0.474. The van der Waals surface area contributed by atoms with Crippen LogP contribution in [0.4, 0.5) is 0 Å². The van der Waals surface area contributed by atoms with Crippen molar-refractivity contribution in [3.05, 3.63) is 0 Å². The molecule has 0 spiro atoms. The minimum Gasteiger partial charge on any atom is -0.383 e. The zero-order valence-corrected chi connectivity index (χ0v) is 12.6. The zero-order valence-electron chi connectivity index (χ0n) is 12.6. The summed E-state index contributed by atoms with van der Waals surface area (Å²) in [6, 6.07) is 0.474. The standard InChI is InChI=1S/C14H31N3O/c1-5-7-8-9-10-13(3)17-14(15-6-2)16-11-12-18-4/h13H,5-12H2,1-4H3,(H2,15,16,17). The maximum Gasteiger partial charge on any atom is 0.191 e. The Kier molecular flexibility index (Phi) is 12.1. The Morgan fingerprint density at radius 3 is 2.61 bits per heavy atom. The second kappa shape index (κ2) is 12.7. The summed E-state index contributed by atoms with van der Waals surface area (Å²) in [5.74, 6) is 0.901. The zero-order chi connectivity index (χ0) is 13.6. The molecule has 4 heteroatoms. The topological polar surface area (TPSA) is 45.7 Å². The summed E-state index contributed by atoms with van der Waals surface area (Å²) in [5.41, 5.74) is 0. The first-order valence-electron chi connectivity index (χ1n) is 7.28. The molecule has 0 amide bonds. The molecule has 0 saturated heterocycles. The van der Waals surface area contributed by atoms with Crippen LogP contribution in [0.5, 0.6) is 0 Å². The van der Waals surface area contributed by atoms with Gasteiger partial charge in [-0.15, -0.1) is 0 Å². The fourth-order valence-corrected chi connectivity index (χ4v) is 1.75. The molecule has 108 valence electrons. The molecule has 0 saturated carbocycles. The van der Waals surface area contributed by atoms with Crippen molar-refractivity contribution in [2.24, 2.45) is 4.99 Å². The van der Waals surface area contributed by atoms with Gasteiger partial charge in [0.15, 0.2) is 5.96 Å². The third-order valence-electron chi connectivity index (χ3n) is 2.78. The highest BCUT2D eigenvalue weighted by Crippen LogP contribution is 2.05. The number of unbranched alkanes of at least 4 members (excludes halogenated alkanes) is 3. The first-order chi connectivity index (χ1) is 8.74. The normalized spacial score (nSPS) is 13.4. The fourth-order valence-electron chi connectivity index (χ4n) is 1.75. The van der Waals surface area contributed by atoms with Crippen LogP contribution in [0.25, 0.3) is 0 Å². The number of aliphatic imine (C=N–C) groups is 1. The molecule has 1 unspecified atom stereocenters. The molecule has 0 aromatic carbocycles. The first-order valence-corrected chi connectivity index (χ1v) is 7.28. The summed E-state index contributed by atoms with van der Waals surface area (Å²) >= 11 is 0. The Hall–Kier alpha value is -0.770. The predicted molar refractivity (Wildman–Crippen MR) is 79.2 cm³/mol. The van der Waals surface area contributed by atoms with Crippen LogP contribution in [0.1, 0.15) is 52.9 Å². The van der Waals surface area contributed by atoms with Gasteiger partial charge in [0, 0.05) is 19.7 Å². The van der Waals surface area contributed by atoms with Crippen LogP contribution in [0.3, 0.4) is 0 Å². The van der Waals surface area contributed by atoms with Crippen LogP contribution >= 0.6 is 0 Å². The first kappa shape index (κ1) is 17.2. The molecule has 1 atom stereocenters. The Morgan fingerprint density at radius 2 is 2.00 bits per heavy atom. The van der Waals surface area contributed by atoms with E-state index in [2.05, 4.69) is 36.4 Å². The van der Waals surface area contributed by atoms with Crippen LogP contribution < -0.4 is 10.6 Å². The molecule has 2 N–H and O–H groups in total. The van der Waals surface area contributed by atoms with Crippen LogP contribution in [-0.2, 0) is 4.74 Å². The third-order valence-corrected chi connectivity index (χ3v) is 2.78. The van der Waals surface area contributed by atoms with E-state index in [9.17, 15) is 0 Å². The Labute approximate surface area is 113 Å². The molecule has 0 aromatic rings. The molecule has 0 rings (SSSR count). The summed E-state index contributed by atoms with van der Waals surface area (Å²) in [7, 11) is 1.70. The number of rotatable bonds is 10. The lowest BCUT2D eigenvalue weighted by Crippen LogP contribution is -2.42. The second-order valence-corrected chi connectivity index (χ2v) is 4.65. The maximum absolute atomic E-state index is 5.00. The van der Waals surface area contributed by atoms with Crippen LogP contribution in [-0.4, -0.2) is 38.8 Å². The lowest BCUT2D eigenvalue weighted by molar-refractivity contribution is 0.208. The van der Waals surface area contributed by atoms with E-state index in [0.29, 0.717) is 19.2 Å². The number of hydrogen-bond donors (Lipinski definition) is 2. The molecule has 18 heavy (non-hydrogen) atoms. The van der Waals surface area contributed by atoms with Crippen LogP contribution in [0.2, 0.25) is 0 Å². The molecule has 0 aromatic heterocycles. The van der Waals surface area contributed by atoms with Crippen molar-refractivity contribution in [3.63, 3.8) is 0 Å². The van der Waals surface area contributed by atoms with Crippen molar-refractivity contribution in [2.75, 3.05) is 26.8 Å². The van der Waals surface area contributed by atoms with Gasteiger partial charge in [-0.3, -0.25) is 4.99 Å². The van der Waals surface area contributed by atoms with Gasteiger partial charge in [0.1, 0.15) is 0 Å². The van der Waals surface area contributed by atoms with E-state index in [1.54, 1.807) is 7.11 Å². The van der Waals surface area contributed by atoms with Crippen molar-refractivity contribution < 1.29 is 4.74 Å². The maximum atomic E-state index is 5.00. The Morgan fingerprint density at radius 1 is 1.22 bits per heavy atom. The average molecular weight is 257 g/mol. The third kappa shape index (κ3) is 10.4. The SMILES string of the molecule is CCCCCCC(C)NC(=NCCOC)NCC. The fraction of sp³-hybridized carbons (Fsp3) is 0.929. The molecule has 0 aliphatic carbocycles. The number of nitrogens with zero attached hydrogens (tertiary/aromatic N) is 1. The van der Waals surface area contributed by atoms with Gasteiger partial charge in [0.2, 0.25) is 0 Å². The molecular weight excluding hydrogens is 226 g/mol. The smallest absolute Gasteiger partial charge is 0.191 e. The van der Waals surface area contributed by atoms with Crippen molar-refractivity contribution in [2.45, 2.75) is 58.9 Å². The highest BCUT2D eigenvalue weighted by atomic mass is 16.5. The molecule has 0 heterocycles. The predicted octanol–water partition coefficient (Wildman–Crippen LogP) is 2.55. The van der Waals surface area contributed by atoms with Crippen molar-refractivity contribution in [1.82, 2.24) is 10.6 Å². The lowest BCUT2D eigenvalue weighted by atomic mass is 10.1. The van der Waals surface area contributed by atoms with E-state index < -0.39 is 0 Å². The van der Waals surface area contributed by atoms with Gasteiger partial charge in [-0.2, -0.15) is 0 Å². The van der Waals surface area contributed by atoms with Crippen molar-refractivity contribution in [1.29, 1.82) is 0 Å². The van der Waals surface area contributed by atoms with E-state index in [1.807, 2.05) is 0 Å². The summed E-state index contributed by atoms with van der Waals surface area (Å²) in [6.45, 7) is 8.80. The highest BCUT2D eigenvalue weighted by molar-refractivity contribution is 5.80. The van der Waals surface area contributed by atoms with E-state index >= 15 is 0 Å². The number of methoxy groups -OCH3 is 1. The van der Waals surface area contributed by atoms with Crippen molar-refractivity contribution in [3.8, 4) is 0 Å². The van der Waals surface area contributed by atoms with Gasteiger partial charge in [-0.05, 0) is 20.3 Å². The summed E-state index contributed by atoms with van der Waals surface area (Å²) in [5, 5.41) is 6.69. The second-order valence-electron chi connectivity index (χ2n) is 4.65. The lowest BCUT2D eigenvalue weighted by Gasteiger charge is -2.17. The minimum atomic E-state index is 0.474. The number of hydrogen-bond acceptors (Lipinski definition) is 2. The van der Waals surface area contributed by atoms with Gasteiger partial charge in [-0.1, -0.05) is 32.6 Å². The van der Waals surface area contributed by atoms with Gasteiger partial charge in [0.25, 0.3) is 0 Å². The van der Waals surface area contributed by atoms with Gasteiger partial charge < -0.3 is 15.4 Å². The monoisotopic (exact) mass is 257 g/mol. The van der Waals surface area contributed by atoms with Crippen LogP contribution in [0.15, 0.2) is 4.99 Å². The molecule has 0 aliphatic rings.